The van der Waals surface area contributed by atoms with E-state index in [0.29, 0.717) is 31.6 Å². The minimum atomic E-state index is -0.856. The number of hydrogen-bond donors (Lipinski definition) is 1. The number of rotatable bonds is 4. The lowest BCUT2D eigenvalue weighted by Crippen LogP contribution is -2.43. The fourth-order valence-electron chi connectivity index (χ4n) is 2.64. The van der Waals surface area contributed by atoms with Gasteiger partial charge in [-0.2, -0.15) is 0 Å². The third-order valence-corrected chi connectivity index (χ3v) is 3.57. The molecule has 4 nitrogen and oxygen atoms in total. The zero-order valence-electron chi connectivity index (χ0n) is 12.4. The minimum absolute atomic E-state index is 0.201. The van der Waals surface area contributed by atoms with Crippen LogP contribution in [0.1, 0.15) is 12.0 Å². The number of likely N-dealkylation sites (tertiary alicyclic amines) is 1. The molecule has 1 aromatic carbocycles. The van der Waals surface area contributed by atoms with E-state index < -0.39 is 5.60 Å². The summed E-state index contributed by atoms with van der Waals surface area (Å²) in [4.78, 5) is 15.6. The lowest BCUT2D eigenvalue weighted by Gasteiger charge is -2.26. The van der Waals surface area contributed by atoms with Crippen molar-refractivity contribution in [2.24, 2.45) is 0 Å². The Kier molecular flexibility index (Phi) is 4.75. The summed E-state index contributed by atoms with van der Waals surface area (Å²) in [5, 5.41) is 10.4. The molecule has 0 radical (unpaired) electrons. The number of benzene rings is 1. The van der Waals surface area contributed by atoms with Crippen molar-refractivity contribution in [3.8, 4) is 0 Å². The second kappa shape index (κ2) is 6.37. The van der Waals surface area contributed by atoms with E-state index in [-0.39, 0.29) is 11.7 Å². The molecule has 0 aliphatic carbocycles. The van der Waals surface area contributed by atoms with E-state index in [1.165, 1.54) is 18.2 Å². The van der Waals surface area contributed by atoms with Gasteiger partial charge in [0.2, 0.25) is 5.91 Å². The average Bonchev–Trinajstić information content (AvgIpc) is 2.79. The molecule has 1 aliphatic rings. The molecule has 1 aromatic rings. The van der Waals surface area contributed by atoms with Crippen LogP contribution in [0.3, 0.4) is 0 Å². The van der Waals surface area contributed by atoms with E-state index in [9.17, 15) is 14.3 Å². The van der Waals surface area contributed by atoms with Crippen molar-refractivity contribution in [3.05, 3.63) is 41.7 Å². The largest absolute Gasteiger partial charge is 0.387 e. The van der Waals surface area contributed by atoms with Crippen molar-refractivity contribution in [2.45, 2.75) is 12.0 Å². The molecular weight excluding hydrogens is 271 g/mol. The molecule has 21 heavy (non-hydrogen) atoms. The zero-order chi connectivity index (χ0) is 15.5. The van der Waals surface area contributed by atoms with Crippen LogP contribution in [0.2, 0.25) is 0 Å². The third kappa shape index (κ3) is 4.12. The molecule has 0 saturated carbocycles. The Morgan fingerprint density at radius 1 is 1.48 bits per heavy atom. The fraction of sp³-hybridized carbons (Fsp3) is 0.438. The van der Waals surface area contributed by atoms with Crippen molar-refractivity contribution in [1.82, 2.24) is 9.80 Å². The topological polar surface area (TPSA) is 43.8 Å². The first-order chi connectivity index (χ1) is 9.89. The number of aliphatic hydroxyl groups is 1. The van der Waals surface area contributed by atoms with Crippen LogP contribution < -0.4 is 0 Å². The zero-order valence-corrected chi connectivity index (χ0v) is 12.4. The van der Waals surface area contributed by atoms with Gasteiger partial charge in [-0.3, -0.25) is 4.79 Å². The molecule has 0 unspecified atom stereocenters. The van der Waals surface area contributed by atoms with Gasteiger partial charge in [0.05, 0.1) is 12.1 Å². The average molecular weight is 292 g/mol. The van der Waals surface area contributed by atoms with Crippen LogP contribution >= 0.6 is 0 Å². The maximum atomic E-state index is 13.5. The Hall–Kier alpha value is -1.72. The predicted octanol–water partition coefficient (Wildman–Crippen LogP) is 1.36. The van der Waals surface area contributed by atoms with E-state index in [1.807, 2.05) is 19.0 Å². The van der Waals surface area contributed by atoms with Gasteiger partial charge in [-0.1, -0.05) is 18.2 Å². The van der Waals surface area contributed by atoms with Gasteiger partial charge in [0.1, 0.15) is 5.82 Å². The first-order valence-electron chi connectivity index (χ1n) is 6.98. The number of amides is 1. The standard InChI is InChI=1S/C16H21FN2O2/c1-18(2)11-16(21)9-10-19(12-16)15(20)8-7-13-5-3-4-6-14(13)17/h3-8,21H,9-12H2,1-2H3/b8-7+/t16-/m1/s1. The highest BCUT2D eigenvalue weighted by Gasteiger charge is 2.37. The van der Waals surface area contributed by atoms with Gasteiger partial charge < -0.3 is 14.9 Å². The molecule has 1 atom stereocenters. The fourth-order valence-corrected chi connectivity index (χ4v) is 2.64. The van der Waals surface area contributed by atoms with Crippen molar-refractivity contribution in [3.63, 3.8) is 0 Å². The van der Waals surface area contributed by atoms with Crippen LogP contribution in [0.4, 0.5) is 4.39 Å². The summed E-state index contributed by atoms with van der Waals surface area (Å²) in [7, 11) is 3.78. The molecule has 1 aliphatic heterocycles. The molecule has 0 spiro atoms. The number of nitrogens with zero attached hydrogens (tertiary/aromatic N) is 2. The summed E-state index contributed by atoms with van der Waals surface area (Å²) in [5.74, 6) is -0.556. The number of halogens is 1. The molecule has 1 saturated heterocycles. The maximum Gasteiger partial charge on any atom is 0.246 e. The minimum Gasteiger partial charge on any atom is -0.387 e. The monoisotopic (exact) mass is 292 g/mol. The second-order valence-electron chi connectivity index (χ2n) is 5.83. The number of carbonyl (C=O) groups excluding carboxylic acids is 1. The van der Waals surface area contributed by atoms with Gasteiger partial charge >= 0.3 is 0 Å². The van der Waals surface area contributed by atoms with Crippen LogP contribution in [-0.2, 0) is 4.79 Å². The van der Waals surface area contributed by atoms with E-state index in [0.717, 1.165) is 0 Å². The lowest BCUT2D eigenvalue weighted by molar-refractivity contribution is -0.126. The molecule has 5 heteroatoms. The second-order valence-corrected chi connectivity index (χ2v) is 5.83. The summed E-state index contributed by atoms with van der Waals surface area (Å²) in [6.07, 6.45) is 3.39. The highest BCUT2D eigenvalue weighted by Crippen LogP contribution is 2.22. The first-order valence-corrected chi connectivity index (χ1v) is 6.98. The number of likely N-dealkylation sites (N-methyl/N-ethyl adjacent to an activating group) is 1. The van der Waals surface area contributed by atoms with Crippen LogP contribution in [0, 0.1) is 5.82 Å². The quantitative estimate of drug-likeness (QED) is 0.852. The van der Waals surface area contributed by atoms with E-state index >= 15 is 0 Å². The van der Waals surface area contributed by atoms with Crippen molar-refractivity contribution in [1.29, 1.82) is 0 Å². The molecule has 0 aromatic heterocycles. The molecule has 1 amide bonds. The number of hydrogen-bond acceptors (Lipinski definition) is 3. The Morgan fingerprint density at radius 2 is 2.19 bits per heavy atom. The summed E-state index contributed by atoms with van der Waals surface area (Å²) in [5.41, 5.74) is -0.473. The number of β-amino-alcohol motifs (C(OH)–C–C–N with tert-alkyl or cyclic N) is 1. The molecule has 1 fully saturated rings. The lowest BCUT2D eigenvalue weighted by atomic mass is 10.0. The van der Waals surface area contributed by atoms with Gasteiger partial charge in [-0.05, 0) is 32.7 Å². The Bertz CT molecular complexity index is 545. The van der Waals surface area contributed by atoms with Crippen LogP contribution in [0.15, 0.2) is 30.3 Å². The summed E-state index contributed by atoms with van der Waals surface area (Å²) >= 11 is 0. The highest BCUT2D eigenvalue weighted by atomic mass is 19.1. The van der Waals surface area contributed by atoms with Crippen LogP contribution in [0.25, 0.3) is 6.08 Å². The van der Waals surface area contributed by atoms with E-state index in [2.05, 4.69) is 0 Å². The molecular formula is C16H21FN2O2. The SMILES string of the molecule is CN(C)C[C@]1(O)CCN(C(=O)/C=C/c2ccccc2F)C1. The summed E-state index contributed by atoms with van der Waals surface area (Å²) < 4.78 is 13.5. The normalized spacial score (nSPS) is 22.4. The van der Waals surface area contributed by atoms with Crippen molar-refractivity contribution < 1.29 is 14.3 Å². The Labute approximate surface area is 124 Å². The van der Waals surface area contributed by atoms with E-state index in [4.69, 9.17) is 0 Å². The van der Waals surface area contributed by atoms with Gasteiger partial charge in [0.25, 0.3) is 0 Å². The molecule has 2 rings (SSSR count). The Balaban J connectivity index is 1.98. The molecule has 1 N–H and O–H groups in total. The smallest absolute Gasteiger partial charge is 0.246 e. The van der Waals surface area contributed by atoms with Crippen molar-refractivity contribution >= 4 is 12.0 Å². The van der Waals surface area contributed by atoms with Gasteiger partial charge in [0.15, 0.2) is 0 Å². The maximum absolute atomic E-state index is 13.5. The van der Waals surface area contributed by atoms with Gasteiger partial charge in [-0.25, -0.2) is 4.39 Å². The van der Waals surface area contributed by atoms with Crippen LogP contribution in [0.5, 0.6) is 0 Å². The molecule has 114 valence electrons. The third-order valence-electron chi connectivity index (χ3n) is 3.57. The van der Waals surface area contributed by atoms with Crippen LogP contribution in [-0.4, -0.2) is 60.1 Å². The predicted molar refractivity (Wildman–Crippen MR) is 80.1 cm³/mol. The van der Waals surface area contributed by atoms with Gasteiger partial charge in [0, 0.05) is 24.7 Å². The van der Waals surface area contributed by atoms with E-state index in [1.54, 1.807) is 23.1 Å². The first kappa shape index (κ1) is 15.7. The van der Waals surface area contributed by atoms with Gasteiger partial charge in [-0.15, -0.1) is 0 Å². The molecule has 0 bridgehead atoms. The van der Waals surface area contributed by atoms with Crippen molar-refractivity contribution in [2.75, 3.05) is 33.7 Å². The number of carbonyl (C=O) groups is 1. The highest BCUT2D eigenvalue weighted by molar-refractivity contribution is 5.92. The Morgan fingerprint density at radius 3 is 2.86 bits per heavy atom. The summed E-state index contributed by atoms with van der Waals surface area (Å²) in [6.45, 7) is 1.35. The summed E-state index contributed by atoms with van der Waals surface area (Å²) in [6, 6.07) is 6.30. The molecule has 1 heterocycles.